The van der Waals surface area contributed by atoms with Crippen molar-refractivity contribution in [3.05, 3.63) is 75.4 Å². The Morgan fingerprint density at radius 3 is 2.59 bits per heavy atom. The lowest BCUT2D eigenvalue weighted by Gasteiger charge is -2.14. The van der Waals surface area contributed by atoms with Gasteiger partial charge < -0.3 is 10.6 Å². The standard InChI is InChI=1S/C23H23N3O2S/c1-14-9-10-17(12-15(14)2)25-22(28)20-18-7-3-4-8-19(18)29-23(20)26-21(27)16-6-5-11-24-13-16/h5-6,9-13H,3-4,7-8H2,1-2H3,(H,25,28)(H,26,27). The van der Waals surface area contributed by atoms with Gasteiger partial charge in [-0.25, -0.2) is 0 Å². The normalized spacial score (nSPS) is 12.9. The van der Waals surface area contributed by atoms with E-state index < -0.39 is 0 Å². The van der Waals surface area contributed by atoms with Crippen molar-refractivity contribution >= 4 is 33.8 Å². The molecule has 148 valence electrons. The first-order chi connectivity index (χ1) is 14.0. The second-order valence-electron chi connectivity index (χ2n) is 7.36. The smallest absolute Gasteiger partial charge is 0.258 e. The van der Waals surface area contributed by atoms with Crippen LogP contribution in [0.1, 0.15) is 55.1 Å². The zero-order valence-electron chi connectivity index (χ0n) is 16.5. The predicted molar refractivity (Wildman–Crippen MR) is 117 cm³/mol. The van der Waals surface area contributed by atoms with Gasteiger partial charge in [-0.1, -0.05) is 6.07 Å². The summed E-state index contributed by atoms with van der Waals surface area (Å²) in [5.41, 5.74) is 5.21. The van der Waals surface area contributed by atoms with E-state index in [9.17, 15) is 9.59 Å². The van der Waals surface area contributed by atoms with Crippen molar-refractivity contribution in [3.8, 4) is 0 Å². The molecule has 0 bridgehead atoms. The van der Waals surface area contributed by atoms with Gasteiger partial charge >= 0.3 is 0 Å². The molecule has 0 saturated carbocycles. The van der Waals surface area contributed by atoms with E-state index in [2.05, 4.69) is 15.6 Å². The largest absolute Gasteiger partial charge is 0.322 e. The van der Waals surface area contributed by atoms with Gasteiger partial charge in [0.25, 0.3) is 11.8 Å². The summed E-state index contributed by atoms with van der Waals surface area (Å²) >= 11 is 1.52. The molecule has 0 radical (unpaired) electrons. The van der Waals surface area contributed by atoms with Crippen LogP contribution in [-0.2, 0) is 12.8 Å². The maximum Gasteiger partial charge on any atom is 0.258 e. The lowest BCUT2D eigenvalue weighted by molar-refractivity contribution is 0.102. The molecule has 3 aromatic rings. The number of nitrogens with one attached hydrogen (secondary N) is 2. The van der Waals surface area contributed by atoms with E-state index in [1.54, 1.807) is 18.3 Å². The fourth-order valence-corrected chi connectivity index (χ4v) is 4.86. The number of pyridine rings is 1. The Kier molecular flexibility index (Phi) is 5.45. The van der Waals surface area contributed by atoms with Crippen molar-refractivity contribution in [2.75, 3.05) is 10.6 Å². The molecule has 0 fully saturated rings. The van der Waals surface area contributed by atoms with E-state index in [1.807, 2.05) is 32.0 Å². The number of aryl methyl sites for hydroxylation is 3. The minimum Gasteiger partial charge on any atom is -0.322 e. The molecule has 6 heteroatoms. The quantitative estimate of drug-likeness (QED) is 0.631. The van der Waals surface area contributed by atoms with Crippen LogP contribution < -0.4 is 10.6 Å². The predicted octanol–water partition coefficient (Wildman–Crippen LogP) is 5.14. The molecule has 0 atom stereocenters. The number of aromatic nitrogens is 1. The van der Waals surface area contributed by atoms with Crippen LogP contribution in [0.25, 0.3) is 0 Å². The molecule has 29 heavy (non-hydrogen) atoms. The van der Waals surface area contributed by atoms with Crippen LogP contribution in [0, 0.1) is 13.8 Å². The van der Waals surface area contributed by atoms with Crippen LogP contribution in [-0.4, -0.2) is 16.8 Å². The van der Waals surface area contributed by atoms with Crippen molar-refractivity contribution < 1.29 is 9.59 Å². The molecule has 2 aromatic heterocycles. The third kappa shape index (κ3) is 4.07. The summed E-state index contributed by atoms with van der Waals surface area (Å²) in [7, 11) is 0. The Balaban J connectivity index is 1.65. The summed E-state index contributed by atoms with van der Waals surface area (Å²) in [6.45, 7) is 4.07. The first-order valence-corrected chi connectivity index (χ1v) is 10.6. The third-order valence-electron chi connectivity index (χ3n) is 5.31. The number of anilines is 2. The fraction of sp³-hybridized carbons (Fsp3) is 0.261. The molecule has 2 heterocycles. The highest BCUT2D eigenvalue weighted by molar-refractivity contribution is 7.17. The highest BCUT2D eigenvalue weighted by Gasteiger charge is 2.26. The topological polar surface area (TPSA) is 71.1 Å². The molecule has 1 aliphatic rings. The van der Waals surface area contributed by atoms with E-state index >= 15 is 0 Å². The fourth-order valence-electron chi connectivity index (χ4n) is 3.58. The molecule has 5 nitrogen and oxygen atoms in total. The van der Waals surface area contributed by atoms with Crippen LogP contribution in [0.2, 0.25) is 0 Å². The Morgan fingerprint density at radius 1 is 1.00 bits per heavy atom. The highest BCUT2D eigenvalue weighted by atomic mass is 32.1. The molecule has 0 saturated heterocycles. The van der Waals surface area contributed by atoms with Gasteiger partial charge in [-0.2, -0.15) is 0 Å². The van der Waals surface area contributed by atoms with Crippen LogP contribution in [0.4, 0.5) is 10.7 Å². The van der Waals surface area contributed by atoms with Crippen LogP contribution in [0.3, 0.4) is 0 Å². The van der Waals surface area contributed by atoms with Crippen LogP contribution >= 0.6 is 11.3 Å². The Morgan fingerprint density at radius 2 is 1.83 bits per heavy atom. The first kappa shape index (κ1) is 19.3. The minimum absolute atomic E-state index is 0.172. The number of nitrogens with zero attached hydrogens (tertiary/aromatic N) is 1. The van der Waals surface area contributed by atoms with Crippen molar-refractivity contribution in [1.29, 1.82) is 0 Å². The average molecular weight is 406 g/mol. The molecule has 2 N–H and O–H groups in total. The van der Waals surface area contributed by atoms with Gasteiger partial charge in [0.15, 0.2) is 0 Å². The summed E-state index contributed by atoms with van der Waals surface area (Å²) in [5, 5.41) is 6.59. The molecule has 1 aromatic carbocycles. The Hall–Kier alpha value is -2.99. The van der Waals surface area contributed by atoms with Gasteiger partial charge in [-0.3, -0.25) is 14.6 Å². The number of carbonyl (C=O) groups excluding carboxylic acids is 2. The number of benzene rings is 1. The van der Waals surface area contributed by atoms with E-state index in [1.165, 1.54) is 28.0 Å². The van der Waals surface area contributed by atoms with Gasteiger partial charge in [0.2, 0.25) is 0 Å². The first-order valence-electron chi connectivity index (χ1n) is 9.77. The Labute approximate surface area is 174 Å². The molecule has 4 rings (SSSR count). The summed E-state index contributed by atoms with van der Waals surface area (Å²) < 4.78 is 0. The summed E-state index contributed by atoms with van der Waals surface area (Å²) in [4.78, 5) is 31.1. The average Bonchev–Trinajstić information content (AvgIpc) is 3.09. The minimum atomic E-state index is -0.253. The highest BCUT2D eigenvalue weighted by Crippen LogP contribution is 2.38. The van der Waals surface area contributed by atoms with Gasteiger partial charge in [0.05, 0.1) is 11.1 Å². The van der Waals surface area contributed by atoms with Gasteiger partial charge in [0.1, 0.15) is 5.00 Å². The zero-order valence-corrected chi connectivity index (χ0v) is 17.4. The molecule has 2 amide bonds. The molecule has 1 aliphatic carbocycles. The maximum atomic E-state index is 13.2. The monoisotopic (exact) mass is 405 g/mol. The number of thiophene rings is 1. The van der Waals surface area contributed by atoms with Gasteiger partial charge in [0, 0.05) is 23.0 Å². The number of hydrogen-bond donors (Lipinski definition) is 2. The third-order valence-corrected chi connectivity index (χ3v) is 6.52. The number of rotatable bonds is 4. The second kappa shape index (κ2) is 8.17. The summed E-state index contributed by atoms with van der Waals surface area (Å²) in [6.07, 6.45) is 7.14. The number of carbonyl (C=O) groups is 2. The van der Waals surface area contributed by atoms with Gasteiger partial charge in [-0.15, -0.1) is 11.3 Å². The maximum absolute atomic E-state index is 13.2. The number of hydrogen-bond acceptors (Lipinski definition) is 4. The van der Waals surface area contributed by atoms with E-state index in [4.69, 9.17) is 0 Å². The Bertz CT molecular complexity index is 1070. The van der Waals surface area contributed by atoms with Crippen LogP contribution in [0.15, 0.2) is 42.7 Å². The second-order valence-corrected chi connectivity index (χ2v) is 8.47. The van der Waals surface area contributed by atoms with Crippen molar-refractivity contribution in [2.45, 2.75) is 39.5 Å². The van der Waals surface area contributed by atoms with Crippen molar-refractivity contribution in [3.63, 3.8) is 0 Å². The molecule has 0 unspecified atom stereocenters. The van der Waals surface area contributed by atoms with Gasteiger partial charge in [-0.05, 0) is 80.5 Å². The number of fused-ring (bicyclic) bond motifs is 1. The summed E-state index contributed by atoms with van der Waals surface area (Å²) in [6, 6.07) is 9.32. The lowest BCUT2D eigenvalue weighted by atomic mass is 9.95. The molecule has 0 spiro atoms. The summed E-state index contributed by atoms with van der Waals surface area (Å²) in [5.74, 6) is -0.425. The molecule has 0 aliphatic heterocycles. The van der Waals surface area contributed by atoms with E-state index in [0.717, 1.165) is 42.5 Å². The molecular weight excluding hydrogens is 382 g/mol. The lowest BCUT2D eigenvalue weighted by Crippen LogP contribution is -2.18. The SMILES string of the molecule is Cc1ccc(NC(=O)c2c(NC(=O)c3cccnc3)sc3c2CCCC3)cc1C. The van der Waals surface area contributed by atoms with E-state index in [0.29, 0.717) is 16.1 Å². The van der Waals surface area contributed by atoms with Crippen molar-refractivity contribution in [1.82, 2.24) is 4.98 Å². The number of amides is 2. The van der Waals surface area contributed by atoms with Crippen LogP contribution in [0.5, 0.6) is 0 Å². The zero-order chi connectivity index (χ0) is 20.4. The van der Waals surface area contributed by atoms with Crippen molar-refractivity contribution in [2.24, 2.45) is 0 Å². The van der Waals surface area contributed by atoms with E-state index in [-0.39, 0.29) is 11.8 Å². The molecular formula is C23H23N3O2S.